The van der Waals surface area contributed by atoms with Crippen LogP contribution in [0.4, 0.5) is 0 Å². The molecule has 0 fully saturated rings. The lowest BCUT2D eigenvalue weighted by Gasteiger charge is -1.99. The van der Waals surface area contributed by atoms with Gasteiger partial charge in [-0.2, -0.15) is 11.8 Å². The lowest BCUT2D eigenvalue weighted by atomic mass is 10.4. The van der Waals surface area contributed by atoms with E-state index in [9.17, 15) is 0 Å². The Morgan fingerprint density at radius 3 is 2.82 bits per heavy atom. The highest BCUT2D eigenvalue weighted by Gasteiger charge is 2.12. The van der Waals surface area contributed by atoms with Gasteiger partial charge in [0.1, 0.15) is 11.5 Å². The normalized spacial score (nSPS) is 11.0. The molecule has 0 aliphatic heterocycles. The van der Waals surface area contributed by atoms with Crippen molar-refractivity contribution in [1.29, 1.82) is 0 Å². The summed E-state index contributed by atoms with van der Waals surface area (Å²) in [4.78, 5) is 9.01. The van der Waals surface area contributed by atoms with E-state index in [4.69, 9.17) is 0 Å². The van der Waals surface area contributed by atoms with Crippen molar-refractivity contribution in [1.82, 2.24) is 19.7 Å². The lowest BCUT2D eigenvalue weighted by molar-refractivity contribution is 0.622. The number of hydrogen-bond acceptors (Lipinski definition) is 5. The first-order valence-corrected chi connectivity index (χ1v) is 7.87. The summed E-state index contributed by atoms with van der Waals surface area (Å²) in [6, 6.07) is 0. The number of aryl methyl sites for hydroxylation is 3. The van der Waals surface area contributed by atoms with Gasteiger partial charge in [0.2, 0.25) is 5.82 Å². The van der Waals surface area contributed by atoms with Crippen molar-refractivity contribution in [3.05, 3.63) is 16.2 Å². The molecule has 0 amide bonds. The highest BCUT2D eigenvalue weighted by Crippen LogP contribution is 2.19. The number of nitrogens with zero attached hydrogens (tertiary/aromatic N) is 4. The van der Waals surface area contributed by atoms with Gasteiger partial charge in [-0.25, -0.2) is 14.6 Å². The van der Waals surface area contributed by atoms with E-state index in [1.54, 1.807) is 11.3 Å². The van der Waals surface area contributed by atoms with E-state index in [1.807, 2.05) is 28.7 Å². The third kappa shape index (κ3) is 2.87. The largest absolute Gasteiger partial charge is 0.250 e. The molecule has 2 aromatic rings. The van der Waals surface area contributed by atoms with Crippen LogP contribution >= 0.6 is 23.1 Å². The molecule has 0 radical (unpaired) electrons. The standard InChI is InChI=1S/C11H16N4S2/c1-4-15-10(5-6-16-3)13-11(14-15)9-7-17-8(2)12-9/h7H,4-6H2,1-3H3. The van der Waals surface area contributed by atoms with Crippen LogP contribution in [0.5, 0.6) is 0 Å². The fourth-order valence-corrected chi connectivity index (χ4v) is 2.56. The Morgan fingerprint density at radius 1 is 1.41 bits per heavy atom. The Bertz CT molecular complexity index is 489. The summed E-state index contributed by atoms with van der Waals surface area (Å²) in [5.41, 5.74) is 0.894. The van der Waals surface area contributed by atoms with Crippen LogP contribution < -0.4 is 0 Å². The summed E-state index contributed by atoms with van der Waals surface area (Å²) in [6.45, 7) is 4.95. The minimum absolute atomic E-state index is 0.757. The average Bonchev–Trinajstić information content (AvgIpc) is 2.92. The summed E-state index contributed by atoms with van der Waals surface area (Å²) in [5, 5.41) is 7.58. The quantitative estimate of drug-likeness (QED) is 0.836. The second-order valence-electron chi connectivity index (χ2n) is 3.66. The van der Waals surface area contributed by atoms with Crippen LogP contribution in [0.1, 0.15) is 17.8 Å². The van der Waals surface area contributed by atoms with E-state index in [0.717, 1.165) is 41.1 Å². The highest BCUT2D eigenvalue weighted by atomic mass is 32.2. The summed E-state index contributed by atoms with van der Waals surface area (Å²) < 4.78 is 1.97. The Labute approximate surface area is 109 Å². The van der Waals surface area contributed by atoms with Gasteiger partial charge in [0.05, 0.1) is 5.01 Å². The molecule has 0 saturated heterocycles. The van der Waals surface area contributed by atoms with Crippen molar-refractivity contribution < 1.29 is 0 Å². The van der Waals surface area contributed by atoms with Gasteiger partial charge in [0.25, 0.3) is 0 Å². The topological polar surface area (TPSA) is 43.6 Å². The van der Waals surface area contributed by atoms with Crippen LogP contribution in [-0.2, 0) is 13.0 Å². The van der Waals surface area contributed by atoms with Crippen molar-refractivity contribution >= 4 is 23.1 Å². The fourth-order valence-electron chi connectivity index (χ4n) is 1.58. The molecule has 0 aliphatic rings. The van der Waals surface area contributed by atoms with Crippen LogP contribution in [0.15, 0.2) is 5.38 Å². The molecule has 0 N–H and O–H groups in total. The predicted molar refractivity (Wildman–Crippen MR) is 73.6 cm³/mol. The van der Waals surface area contributed by atoms with Crippen LogP contribution in [0, 0.1) is 6.92 Å². The zero-order valence-corrected chi connectivity index (χ0v) is 11.9. The molecule has 2 heterocycles. The monoisotopic (exact) mass is 268 g/mol. The molecule has 0 aliphatic carbocycles. The number of rotatable bonds is 5. The van der Waals surface area contributed by atoms with E-state index in [1.165, 1.54) is 0 Å². The Morgan fingerprint density at radius 2 is 2.24 bits per heavy atom. The lowest BCUT2D eigenvalue weighted by Crippen LogP contribution is -2.04. The van der Waals surface area contributed by atoms with Gasteiger partial charge in [-0.1, -0.05) is 0 Å². The molecule has 0 spiro atoms. The SMILES string of the molecule is CCn1nc(-c2csc(C)n2)nc1CCSC. The van der Waals surface area contributed by atoms with Crippen molar-refractivity contribution in [3.8, 4) is 11.5 Å². The van der Waals surface area contributed by atoms with Gasteiger partial charge in [-0.15, -0.1) is 16.4 Å². The summed E-state index contributed by atoms with van der Waals surface area (Å²) >= 11 is 3.47. The van der Waals surface area contributed by atoms with Crippen LogP contribution in [-0.4, -0.2) is 31.8 Å². The van der Waals surface area contributed by atoms with Crippen molar-refractivity contribution in [3.63, 3.8) is 0 Å². The highest BCUT2D eigenvalue weighted by molar-refractivity contribution is 7.98. The molecule has 0 aromatic carbocycles. The Balaban J connectivity index is 2.27. The van der Waals surface area contributed by atoms with Crippen molar-refractivity contribution in [2.75, 3.05) is 12.0 Å². The molecule has 92 valence electrons. The smallest absolute Gasteiger partial charge is 0.200 e. The maximum atomic E-state index is 4.58. The van der Waals surface area contributed by atoms with Gasteiger partial charge in [-0.3, -0.25) is 0 Å². The second kappa shape index (κ2) is 5.64. The first-order valence-electron chi connectivity index (χ1n) is 5.59. The van der Waals surface area contributed by atoms with Crippen molar-refractivity contribution in [2.24, 2.45) is 0 Å². The van der Waals surface area contributed by atoms with E-state index >= 15 is 0 Å². The van der Waals surface area contributed by atoms with E-state index in [2.05, 4.69) is 28.2 Å². The predicted octanol–water partition coefficient (Wildman–Crippen LogP) is 2.64. The van der Waals surface area contributed by atoms with Gasteiger partial charge in [0.15, 0.2) is 0 Å². The van der Waals surface area contributed by atoms with E-state index in [0.29, 0.717) is 0 Å². The summed E-state index contributed by atoms with van der Waals surface area (Å²) in [7, 11) is 0. The zero-order chi connectivity index (χ0) is 12.3. The third-order valence-electron chi connectivity index (χ3n) is 2.43. The molecule has 0 unspecified atom stereocenters. The average molecular weight is 268 g/mol. The zero-order valence-electron chi connectivity index (χ0n) is 10.3. The molecular formula is C11H16N4S2. The van der Waals surface area contributed by atoms with Crippen LogP contribution in [0.25, 0.3) is 11.5 Å². The van der Waals surface area contributed by atoms with Crippen LogP contribution in [0.2, 0.25) is 0 Å². The van der Waals surface area contributed by atoms with Gasteiger partial charge in [0, 0.05) is 24.1 Å². The van der Waals surface area contributed by atoms with E-state index in [-0.39, 0.29) is 0 Å². The molecule has 6 heteroatoms. The maximum Gasteiger partial charge on any atom is 0.200 e. The number of thiazole rings is 1. The van der Waals surface area contributed by atoms with Gasteiger partial charge >= 0.3 is 0 Å². The Kier molecular flexibility index (Phi) is 4.17. The molecular weight excluding hydrogens is 252 g/mol. The minimum Gasteiger partial charge on any atom is -0.250 e. The molecule has 17 heavy (non-hydrogen) atoms. The first-order chi connectivity index (χ1) is 8.24. The molecule has 4 nitrogen and oxygen atoms in total. The third-order valence-corrected chi connectivity index (χ3v) is 3.81. The first kappa shape index (κ1) is 12.6. The number of thioether (sulfide) groups is 1. The second-order valence-corrected chi connectivity index (χ2v) is 5.71. The fraction of sp³-hybridized carbons (Fsp3) is 0.545. The van der Waals surface area contributed by atoms with Gasteiger partial charge < -0.3 is 0 Å². The molecule has 0 saturated carbocycles. The van der Waals surface area contributed by atoms with Crippen LogP contribution in [0.3, 0.4) is 0 Å². The molecule has 2 rings (SSSR count). The maximum absolute atomic E-state index is 4.58. The number of hydrogen-bond donors (Lipinski definition) is 0. The minimum atomic E-state index is 0.757. The van der Waals surface area contributed by atoms with E-state index < -0.39 is 0 Å². The molecule has 2 aromatic heterocycles. The van der Waals surface area contributed by atoms with Gasteiger partial charge in [-0.05, 0) is 20.1 Å². The molecule has 0 atom stereocenters. The molecule has 0 bridgehead atoms. The van der Waals surface area contributed by atoms with Crippen molar-refractivity contribution in [2.45, 2.75) is 26.8 Å². The Hall–Kier alpha value is -0.880. The summed E-state index contributed by atoms with van der Waals surface area (Å²) in [6.07, 6.45) is 3.07. The summed E-state index contributed by atoms with van der Waals surface area (Å²) in [5.74, 6) is 2.89. The number of aromatic nitrogens is 4.